The molecule has 126 valence electrons. The van der Waals surface area contributed by atoms with Crippen molar-refractivity contribution >= 4 is 11.3 Å². The number of rotatable bonds is 2. The average molecular weight is 350 g/mol. The summed E-state index contributed by atoms with van der Waals surface area (Å²) in [5, 5.41) is 8.35. The Kier molecular flexibility index (Phi) is 4.26. The lowest BCUT2D eigenvalue weighted by Crippen LogP contribution is -2.12. The monoisotopic (exact) mass is 350 g/mol. The molecule has 0 amide bonds. The third kappa shape index (κ3) is 3.85. The van der Waals surface area contributed by atoms with Gasteiger partial charge in [-0.3, -0.25) is 0 Å². The van der Waals surface area contributed by atoms with E-state index in [-0.39, 0.29) is 16.0 Å². The van der Waals surface area contributed by atoms with Gasteiger partial charge in [0.2, 0.25) is 0 Å². The van der Waals surface area contributed by atoms with Crippen molar-refractivity contribution < 1.29 is 22.0 Å². The molecule has 0 aliphatic carbocycles. The molecule has 1 aromatic carbocycles. The molecule has 0 fully saturated rings. The van der Waals surface area contributed by atoms with Crippen LogP contribution >= 0.6 is 11.3 Å². The summed E-state index contributed by atoms with van der Waals surface area (Å²) in [4.78, 5) is 0. The third-order valence-corrected chi connectivity index (χ3v) is 4.51. The highest BCUT2D eigenvalue weighted by atomic mass is 32.1. The molecule has 0 aliphatic heterocycles. The number of halogens is 5. The molecule has 0 N–H and O–H groups in total. The number of hydrogen-bond donors (Lipinski definition) is 0. The minimum Gasteiger partial charge on any atom is -0.202 e. The molecule has 0 saturated heterocycles. The fraction of sp³-hybridized carbons (Fsp3) is 0.467. The maximum atomic E-state index is 13.3. The Morgan fingerprint density at radius 2 is 1.52 bits per heavy atom. The van der Waals surface area contributed by atoms with Gasteiger partial charge < -0.3 is 0 Å². The van der Waals surface area contributed by atoms with Gasteiger partial charge >= 0.3 is 6.18 Å². The van der Waals surface area contributed by atoms with Gasteiger partial charge in [-0.1, -0.05) is 44.2 Å². The fourth-order valence-electron chi connectivity index (χ4n) is 1.87. The summed E-state index contributed by atoms with van der Waals surface area (Å²) in [5.74, 6) is -3.35. The number of nitrogens with zero attached hydrogens (tertiary/aromatic N) is 2. The van der Waals surface area contributed by atoms with Crippen LogP contribution in [0.1, 0.15) is 43.8 Å². The van der Waals surface area contributed by atoms with E-state index >= 15 is 0 Å². The molecule has 0 unspecified atom stereocenters. The van der Waals surface area contributed by atoms with E-state index in [1.54, 1.807) is 0 Å². The molecule has 2 aromatic rings. The van der Waals surface area contributed by atoms with Gasteiger partial charge in [-0.05, 0) is 6.07 Å². The molecule has 8 heteroatoms. The summed E-state index contributed by atoms with van der Waals surface area (Å²) in [6.45, 7) is 6.15. The van der Waals surface area contributed by atoms with E-state index in [9.17, 15) is 22.0 Å². The number of aromatic nitrogens is 2. The normalized spacial score (nSPS) is 13.4. The first-order chi connectivity index (χ1) is 10.3. The smallest absolute Gasteiger partial charge is 0.202 e. The molecule has 0 spiro atoms. The van der Waals surface area contributed by atoms with E-state index < -0.39 is 23.2 Å². The fourth-order valence-corrected chi connectivity index (χ4v) is 2.81. The second kappa shape index (κ2) is 5.51. The third-order valence-electron chi connectivity index (χ3n) is 3.13. The van der Waals surface area contributed by atoms with Gasteiger partial charge in [-0.25, -0.2) is 8.78 Å². The Morgan fingerprint density at radius 1 is 0.913 bits per heavy atom. The highest BCUT2D eigenvalue weighted by molar-refractivity contribution is 7.14. The molecule has 0 aliphatic rings. The van der Waals surface area contributed by atoms with Gasteiger partial charge in [0.25, 0.3) is 5.92 Å². The Balaban J connectivity index is 2.61. The highest BCUT2D eigenvalue weighted by Crippen LogP contribution is 2.41. The van der Waals surface area contributed by atoms with E-state index in [0.717, 1.165) is 23.5 Å². The van der Waals surface area contributed by atoms with Crippen molar-refractivity contribution in [2.24, 2.45) is 0 Å². The van der Waals surface area contributed by atoms with Gasteiger partial charge in [0.15, 0.2) is 0 Å². The van der Waals surface area contributed by atoms with Gasteiger partial charge in [0.05, 0.1) is 5.56 Å². The Bertz CT molecular complexity index is 708. The predicted octanol–water partition coefficient (Wildman–Crippen LogP) is 5.63. The zero-order valence-corrected chi connectivity index (χ0v) is 13.7. The second-order valence-electron chi connectivity index (χ2n) is 6.31. The van der Waals surface area contributed by atoms with E-state index in [2.05, 4.69) is 10.2 Å². The predicted molar refractivity (Wildman–Crippen MR) is 78.6 cm³/mol. The van der Waals surface area contributed by atoms with Crippen molar-refractivity contribution in [2.45, 2.75) is 45.2 Å². The van der Waals surface area contributed by atoms with Gasteiger partial charge in [0.1, 0.15) is 10.0 Å². The summed E-state index contributed by atoms with van der Waals surface area (Å²) < 4.78 is 66.4. The first-order valence-corrected chi connectivity index (χ1v) is 7.55. The van der Waals surface area contributed by atoms with Crippen molar-refractivity contribution in [1.82, 2.24) is 10.2 Å². The number of alkyl halides is 5. The molecule has 0 bridgehead atoms. The maximum Gasteiger partial charge on any atom is 0.417 e. The molecule has 1 heterocycles. The summed E-state index contributed by atoms with van der Waals surface area (Å²) in [6, 6.07) is 2.50. The molecule has 2 rings (SSSR count). The van der Waals surface area contributed by atoms with Crippen LogP contribution in [0.25, 0.3) is 10.6 Å². The number of hydrogen-bond acceptors (Lipinski definition) is 3. The van der Waals surface area contributed by atoms with Crippen LogP contribution in [0.5, 0.6) is 0 Å². The molecule has 0 atom stereocenters. The van der Waals surface area contributed by atoms with E-state index in [1.807, 2.05) is 20.8 Å². The van der Waals surface area contributed by atoms with E-state index in [0.29, 0.717) is 18.0 Å². The van der Waals surface area contributed by atoms with Gasteiger partial charge in [-0.2, -0.15) is 13.2 Å². The maximum absolute atomic E-state index is 13.3. The van der Waals surface area contributed by atoms with Crippen LogP contribution in [0, 0.1) is 0 Å². The largest absolute Gasteiger partial charge is 0.417 e. The molecule has 23 heavy (non-hydrogen) atoms. The zero-order chi connectivity index (χ0) is 17.6. The van der Waals surface area contributed by atoms with Crippen molar-refractivity contribution in [3.63, 3.8) is 0 Å². The minimum absolute atomic E-state index is 0.0632. The van der Waals surface area contributed by atoms with Gasteiger partial charge in [0, 0.05) is 23.5 Å². The van der Waals surface area contributed by atoms with Crippen LogP contribution in [-0.4, -0.2) is 10.2 Å². The summed E-state index contributed by atoms with van der Waals surface area (Å²) in [7, 11) is 0. The SMILES string of the molecule is CC(C)(C)c1nnc(-c2ccc(C(C)(F)F)cc2C(F)(F)F)s1. The topological polar surface area (TPSA) is 25.8 Å². The average Bonchev–Trinajstić information content (AvgIpc) is 2.85. The molecule has 1 aromatic heterocycles. The Labute approximate surface area is 134 Å². The van der Waals surface area contributed by atoms with Crippen LogP contribution in [0.4, 0.5) is 22.0 Å². The lowest BCUT2D eigenvalue weighted by Gasteiger charge is -2.16. The van der Waals surface area contributed by atoms with E-state index in [1.165, 1.54) is 0 Å². The van der Waals surface area contributed by atoms with Crippen LogP contribution < -0.4 is 0 Å². The van der Waals surface area contributed by atoms with Crippen molar-refractivity contribution in [2.75, 3.05) is 0 Å². The van der Waals surface area contributed by atoms with Crippen molar-refractivity contribution in [1.29, 1.82) is 0 Å². The highest BCUT2D eigenvalue weighted by Gasteiger charge is 2.37. The Morgan fingerprint density at radius 3 is 1.96 bits per heavy atom. The van der Waals surface area contributed by atoms with Crippen molar-refractivity contribution in [3.05, 3.63) is 34.3 Å². The molecule has 2 nitrogen and oxygen atoms in total. The van der Waals surface area contributed by atoms with Crippen LogP contribution in [-0.2, 0) is 17.5 Å². The summed E-state index contributed by atoms with van der Waals surface area (Å²) >= 11 is 1.03. The van der Waals surface area contributed by atoms with Crippen LogP contribution in [0.3, 0.4) is 0 Å². The number of benzene rings is 1. The molecular formula is C15H15F5N2S. The van der Waals surface area contributed by atoms with Gasteiger partial charge in [-0.15, -0.1) is 10.2 Å². The molecule has 0 radical (unpaired) electrons. The summed E-state index contributed by atoms with van der Waals surface area (Å²) in [5.41, 5.74) is -2.41. The van der Waals surface area contributed by atoms with Crippen molar-refractivity contribution in [3.8, 4) is 10.6 Å². The lowest BCUT2D eigenvalue weighted by molar-refractivity contribution is -0.137. The quantitative estimate of drug-likeness (QED) is 0.656. The van der Waals surface area contributed by atoms with E-state index in [4.69, 9.17) is 0 Å². The minimum atomic E-state index is -4.76. The van der Waals surface area contributed by atoms with Crippen LogP contribution in [0.2, 0.25) is 0 Å². The van der Waals surface area contributed by atoms with Crippen LogP contribution in [0.15, 0.2) is 18.2 Å². The lowest BCUT2D eigenvalue weighted by atomic mass is 9.98. The molecule has 0 saturated carbocycles. The first kappa shape index (κ1) is 17.8. The second-order valence-corrected chi connectivity index (χ2v) is 7.29. The Hall–Kier alpha value is -1.57. The zero-order valence-electron chi connectivity index (χ0n) is 12.9. The summed E-state index contributed by atoms with van der Waals surface area (Å²) in [6.07, 6.45) is -4.76. The first-order valence-electron chi connectivity index (χ1n) is 6.74. The standard InChI is InChI=1S/C15H15F5N2S/c1-13(2,3)12-22-21-11(23-12)9-6-5-8(14(4,16)17)7-10(9)15(18,19)20/h5-7H,1-4H3. The molecular weight excluding hydrogens is 335 g/mol.